The van der Waals surface area contributed by atoms with Crippen molar-refractivity contribution in [2.75, 3.05) is 6.54 Å². The summed E-state index contributed by atoms with van der Waals surface area (Å²) in [5.74, 6) is 0.497. The second-order valence-electron chi connectivity index (χ2n) is 5.83. The second kappa shape index (κ2) is 6.82. The third-order valence-electron chi connectivity index (χ3n) is 4.11. The van der Waals surface area contributed by atoms with E-state index in [2.05, 4.69) is 9.88 Å². The highest BCUT2D eigenvalue weighted by molar-refractivity contribution is 7.87. The maximum absolute atomic E-state index is 12.4. The lowest BCUT2D eigenvalue weighted by molar-refractivity contribution is 0.264. The molecule has 2 aromatic rings. The van der Waals surface area contributed by atoms with Gasteiger partial charge in [0.15, 0.2) is 5.76 Å². The summed E-state index contributed by atoms with van der Waals surface area (Å²) in [6, 6.07) is 11.4. The largest absolute Gasteiger partial charge is 0.359 e. The van der Waals surface area contributed by atoms with Gasteiger partial charge in [0.1, 0.15) is 5.69 Å². The summed E-state index contributed by atoms with van der Waals surface area (Å²) < 4.78 is 34.2. The minimum atomic E-state index is -3.49. The summed E-state index contributed by atoms with van der Waals surface area (Å²) in [5.41, 5.74) is 1.64. The number of nitrogens with zero attached hydrogens (tertiary/aromatic N) is 2. The minimum Gasteiger partial charge on any atom is -0.359 e. The van der Waals surface area contributed by atoms with Gasteiger partial charge in [-0.2, -0.15) is 17.4 Å². The lowest BCUT2D eigenvalue weighted by Crippen LogP contribution is -2.47. The Morgan fingerprint density at radius 2 is 2.09 bits per heavy atom. The fourth-order valence-electron chi connectivity index (χ4n) is 2.82. The maximum atomic E-state index is 12.4. The number of rotatable bonds is 5. The van der Waals surface area contributed by atoms with Crippen LogP contribution in [0.5, 0.6) is 0 Å². The van der Waals surface area contributed by atoms with E-state index in [4.69, 9.17) is 4.52 Å². The summed E-state index contributed by atoms with van der Waals surface area (Å²) in [6.45, 7) is 2.62. The van der Waals surface area contributed by atoms with E-state index in [1.165, 1.54) is 4.31 Å². The monoisotopic (exact) mass is 335 g/mol. The van der Waals surface area contributed by atoms with Gasteiger partial charge in [-0.3, -0.25) is 0 Å². The van der Waals surface area contributed by atoms with Crippen molar-refractivity contribution in [1.82, 2.24) is 14.2 Å². The van der Waals surface area contributed by atoms with Gasteiger partial charge in [-0.05, 0) is 19.8 Å². The molecule has 2 heterocycles. The summed E-state index contributed by atoms with van der Waals surface area (Å²) in [4.78, 5) is 0. The van der Waals surface area contributed by atoms with Gasteiger partial charge >= 0.3 is 0 Å². The number of hydrogen-bond acceptors (Lipinski definition) is 4. The van der Waals surface area contributed by atoms with E-state index in [9.17, 15) is 8.42 Å². The van der Waals surface area contributed by atoms with Crippen LogP contribution in [0.1, 0.15) is 31.9 Å². The molecule has 3 rings (SSSR count). The highest BCUT2D eigenvalue weighted by Crippen LogP contribution is 2.21. The number of benzene rings is 1. The molecule has 1 aliphatic rings. The molecule has 1 saturated heterocycles. The molecule has 0 saturated carbocycles. The SMILES string of the molecule is C[C@H]1CCCCN1S(=O)(=O)NCc1cc(-c2ccccc2)no1. The number of nitrogens with one attached hydrogen (secondary N) is 1. The topological polar surface area (TPSA) is 75.4 Å². The van der Waals surface area contributed by atoms with Crippen molar-refractivity contribution >= 4 is 10.2 Å². The fraction of sp³-hybridized carbons (Fsp3) is 0.438. The molecule has 1 fully saturated rings. The average Bonchev–Trinajstić information content (AvgIpc) is 3.03. The van der Waals surface area contributed by atoms with Crippen LogP contribution < -0.4 is 4.72 Å². The van der Waals surface area contributed by atoms with Crippen molar-refractivity contribution in [3.05, 3.63) is 42.2 Å². The number of aromatic nitrogens is 1. The molecule has 1 aliphatic heterocycles. The minimum absolute atomic E-state index is 0.0378. The summed E-state index contributed by atoms with van der Waals surface area (Å²) in [5, 5.41) is 3.99. The number of piperidine rings is 1. The maximum Gasteiger partial charge on any atom is 0.280 e. The zero-order valence-electron chi connectivity index (χ0n) is 13.1. The lowest BCUT2D eigenvalue weighted by Gasteiger charge is -2.32. The van der Waals surface area contributed by atoms with Crippen molar-refractivity contribution in [1.29, 1.82) is 0 Å². The smallest absolute Gasteiger partial charge is 0.280 e. The first-order valence-corrected chi connectivity index (χ1v) is 9.28. The zero-order valence-corrected chi connectivity index (χ0v) is 13.9. The molecule has 0 spiro atoms. The summed E-state index contributed by atoms with van der Waals surface area (Å²) >= 11 is 0. The van der Waals surface area contributed by atoms with Crippen LogP contribution in [0, 0.1) is 0 Å². The zero-order chi connectivity index (χ0) is 16.3. The van der Waals surface area contributed by atoms with Crippen molar-refractivity contribution in [3.63, 3.8) is 0 Å². The first-order chi connectivity index (χ1) is 11.1. The molecule has 1 N–H and O–H groups in total. The molecule has 0 unspecified atom stereocenters. The van der Waals surface area contributed by atoms with Crippen LogP contribution in [0.4, 0.5) is 0 Å². The van der Waals surface area contributed by atoms with Crippen molar-refractivity contribution in [2.45, 2.75) is 38.8 Å². The molecule has 0 aliphatic carbocycles. The van der Waals surface area contributed by atoms with E-state index in [0.29, 0.717) is 18.0 Å². The standard InChI is InChI=1S/C16H21N3O3S/c1-13-7-5-6-10-19(13)23(20,21)17-12-15-11-16(18-22-15)14-8-3-2-4-9-14/h2-4,8-9,11,13,17H,5-7,10,12H2,1H3/t13-/m0/s1. The molecule has 7 heteroatoms. The summed E-state index contributed by atoms with van der Waals surface area (Å²) in [7, 11) is -3.49. The third kappa shape index (κ3) is 3.80. The van der Waals surface area contributed by atoms with Crippen LogP contribution in [0.25, 0.3) is 11.3 Å². The van der Waals surface area contributed by atoms with Crippen LogP contribution in [0.3, 0.4) is 0 Å². The van der Waals surface area contributed by atoms with Crippen molar-refractivity contribution < 1.29 is 12.9 Å². The van der Waals surface area contributed by atoms with Gasteiger partial charge in [0.25, 0.3) is 10.2 Å². The fourth-order valence-corrected chi connectivity index (χ4v) is 4.25. The molecular weight excluding hydrogens is 314 g/mol. The van der Waals surface area contributed by atoms with Gasteiger partial charge in [-0.25, -0.2) is 0 Å². The van der Waals surface area contributed by atoms with Crippen LogP contribution in [-0.2, 0) is 16.8 Å². The predicted molar refractivity (Wildman–Crippen MR) is 87.7 cm³/mol. The summed E-state index contributed by atoms with van der Waals surface area (Å²) in [6.07, 6.45) is 2.89. The molecule has 1 aromatic heterocycles. The Kier molecular flexibility index (Phi) is 4.79. The van der Waals surface area contributed by atoms with Gasteiger partial charge in [0, 0.05) is 24.2 Å². The van der Waals surface area contributed by atoms with Gasteiger partial charge in [-0.1, -0.05) is 41.9 Å². The third-order valence-corrected chi connectivity index (χ3v) is 5.78. The van der Waals surface area contributed by atoms with Gasteiger partial charge in [0.05, 0.1) is 6.54 Å². The highest BCUT2D eigenvalue weighted by Gasteiger charge is 2.29. The van der Waals surface area contributed by atoms with Crippen molar-refractivity contribution in [2.24, 2.45) is 0 Å². The quantitative estimate of drug-likeness (QED) is 0.911. The first kappa shape index (κ1) is 16.2. The Morgan fingerprint density at radius 1 is 1.30 bits per heavy atom. The molecule has 0 bridgehead atoms. The Labute approximate surface area is 136 Å². The normalized spacial score (nSPS) is 19.8. The van der Waals surface area contributed by atoms with Crippen LogP contribution >= 0.6 is 0 Å². The van der Waals surface area contributed by atoms with Crippen LogP contribution in [0.15, 0.2) is 40.9 Å². The molecule has 1 atom stereocenters. The van der Waals surface area contributed by atoms with E-state index in [-0.39, 0.29) is 12.6 Å². The Balaban J connectivity index is 1.65. The molecule has 0 radical (unpaired) electrons. The van der Waals surface area contributed by atoms with E-state index in [1.807, 2.05) is 37.3 Å². The van der Waals surface area contributed by atoms with Crippen LogP contribution in [0.2, 0.25) is 0 Å². The average molecular weight is 335 g/mol. The van der Waals surface area contributed by atoms with E-state index < -0.39 is 10.2 Å². The molecule has 1 aromatic carbocycles. The van der Waals surface area contributed by atoms with Gasteiger partial charge in [0.2, 0.25) is 0 Å². The van der Waals surface area contributed by atoms with Crippen molar-refractivity contribution in [3.8, 4) is 11.3 Å². The molecule has 124 valence electrons. The van der Waals surface area contributed by atoms with Gasteiger partial charge < -0.3 is 4.52 Å². The molecule has 0 amide bonds. The highest BCUT2D eigenvalue weighted by atomic mass is 32.2. The molecule has 6 nitrogen and oxygen atoms in total. The Bertz CT molecular complexity index is 743. The Hall–Kier alpha value is -1.70. The lowest BCUT2D eigenvalue weighted by atomic mass is 10.1. The molecular formula is C16H21N3O3S. The Morgan fingerprint density at radius 3 is 2.83 bits per heavy atom. The molecule has 23 heavy (non-hydrogen) atoms. The number of hydrogen-bond donors (Lipinski definition) is 1. The van der Waals surface area contributed by atoms with Crippen LogP contribution in [-0.4, -0.2) is 30.5 Å². The van der Waals surface area contributed by atoms with E-state index in [0.717, 1.165) is 24.8 Å². The van der Waals surface area contributed by atoms with E-state index in [1.54, 1.807) is 6.07 Å². The first-order valence-electron chi connectivity index (χ1n) is 7.84. The second-order valence-corrected chi connectivity index (χ2v) is 7.53. The van der Waals surface area contributed by atoms with Gasteiger partial charge in [-0.15, -0.1) is 0 Å². The predicted octanol–water partition coefficient (Wildman–Crippen LogP) is 2.55. The van der Waals surface area contributed by atoms with E-state index >= 15 is 0 Å².